The van der Waals surface area contributed by atoms with Crippen LogP contribution in [-0.4, -0.2) is 47.2 Å². The maximum Gasteiger partial charge on any atom is 0.242 e. The second kappa shape index (κ2) is 4.07. The molecule has 0 aromatic rings. The average molecular weight is 186 g/mol. The van der Waals surface area contributed by atoms with Crippen molar-refractivity contribution in [2.45, 2.75) is 38.9 Å². The van der Waals surface area contributed by atoms with Crippen LogP contribution in [0.3, 0.4) is 0 Å². The lowest BCUT2D eigenvalue weighted by molar-refractivity contribution is -0.141. The molecule has 1 rings (SSSR count). The van der Waals surface area contributed by atoms with Gasteiger partial charge in [0.05, 0.1) is 6.61 Å². The summed E-state index contributed by atoms with van der Waals surface area (Å²) in [4.78, 5) is 13.5. The number of nitrogens with one attached hydrogen (secondary N) is 1. The standard InChI is InChI=1S/C9H18N2O2/c1-6(2)11-7(3)4-10-8(5-12)9(11)13/h6-8,10,12H,4-5H2,1-3H3. The minimum atomic E-state index is -0.404. The van der Waals surface area contributed by atoms with Crippen molar-refractivity contribution in [1.29, 1.82) is 0 Å². The Morgan fingerprint density at radius 1 is 1.69 bits per heavy atom. The van der Waals surface area contributed by atoms with Gasteiger partial charge in [0.25, 0.3) is 0 Å². The third-order valence-electron chi connectivity index (χ3n) is 2.43. The summed E-state index contributed by atoms with van der Waals surface area (Å²) < 4.78 is 0. The Morgan fingerprint density at radius 3 is 2.77 bits per heavy atom. The van der Waals surface area contributed by atoms with E-state index in [1.54, 1.807) is 0 Å². The molecule has 2 N–H and O–H groups in total. The van der Waals surface area contributed by atoms with Gasteiger partial charge in [-0.15, -0.1) is 0 Å². The first-order valence-electron chi connectivity index (χ1n) is 4.74. The smallest absolute Gasteiger partial charge is 0.242 e. The molecule has 76 valence electrons. The van der Waals surface area contributed by atoms with Gasteiger partial charge in [-0.1, -0.05) is 0 Å². The third kappa shape index (κ3) is 2.00. The van der Waals surface area contributed by atoms with Crippen molar-refractivity contribution in [3.05, 3.63) is 0 Å². The van der Waals surface area contributed by atoms with Crippen LogP contribution in [0.4, 0.5) is 0 Å². The van der Waals surface area contributed by atoms with Gasteiger partial charge in [-0.3, -0.25) is 4.79 Å². The molecule has 1 fully saturated rings. The van der Waals surface area contributed by atoms with Crippen LogP contribution in [0.25, 0.3) is 0 Å². The average Bonchev–Trinajstić information content (AvgIpc) is 2.04. The van der Waals surface area contributed by atoms with Crippen molar-refractivity contribution < 1.29 is 9.90 Å². The summed E-state index contributed by atoms with van der Waals surface area (Å²) in [6, 6.07) is 0.0209. The summed E-state index contributed by atoms with van der Waals surface area (Å²) in [6.45, 7) is 6.64. The molecular weight excluding hydrogens is 168 g/mol. The van der Waals surface area contributed by atoms with E-state index in [1.165, 1.54) is 0 Å². The van der Waals surface area contributed by atoms with Crippen molar-refractivity contribution in [2.75, 3.05) is 13.2 Å². The Balaban J connectivity index is 2.72. The minimum absolute atomic E-state index is 0.0104. The molecule has 2 atom stereocenters. The van der Waals surface area contributed by atoms with E-state index in [2.05, 4.69) is 5.32 Å². The fourth-order valence-corrected chi connectivity index (χ4v) is 1.80. The normalized spacial score (nSPS) is 29.9. The number of aliphatic hydroxyl groups is 1. The van der Waals surface area contributed by atoms with Crippen LogP contribution in [0, 0.1) is 0 Å². The Kier molecular flexibility index (Phi) is 3.27. The van der Waals surface area contributed by atoms with E-state index in [4.69, 9.17) is 5.11 Å². The molecule has 0 spiro atoms. The Hall–Kier alpha value is -0.610. The van der Waals surface area contributed by atoms with Crippen molar-refractivity contribution in [3.8, 4) is 0 Å². The summed E-state index contributed by atoms with van der Waals surface area (Å²) in [5.74, 6) is 0.0104. The molecule has 2 unspecified atom stereocenters. The minimum Gasteiger partial charge on any atom is -0.394 e. The molecular formula is C9H18N2O2. The maximum atomic E-state index is 11.7. The molecule has 13 heavy (non-hydrogen) atoms. The number of amides is 1. The van der Waals surface area contributed by atoms with Gasteiger partial charge in [0.1, 0.15) is 6.04 Å². The molecule has 0 radical (unpaired) electrons. The molecule has 0 aromatic carbocycles. The molecule has 1 aliphatic rings. The zero-order valence-corrected chi connectivity index (χ0v) is 8.45. The number of carbonyl (C=O) groups excluding carboxylic acids is 1. The number of aliphatic hydroxyl groups excluding tert-OH is 1. The second-order valence-electron chi connectivity index (χ2n) is 3.83. The van der Waals surface area contributed by atoms with Crippen LogP contribution in [0.2, 0.25) is 0 Å². The van der Waals surface area contributed by atoms with Crippen LogP contribution in [0.1, 0.15) is 20.8 Å². The Bertz CT molecular complexity index is 194. The molecule has 0 aliphatic carbocycles. The summed E-state index contributed by atoms with van der Waals surface area (Å²) in [7, 11) is 0. The van der Waals surface area contributed by atoms with Gasteiger partial charge in [-0.05, 0) is 20.8 Å². The highest BCUT2D eigenvalue weighted by Gasteiger charge is 2.33. The fourth-order valence-electron chi connectivity index (χ4n) is 1.80. The molecule has 4 nitrogen and oxygen atoms in total. The summed E-state index contributed by atoms with van der Waals surface area (Å²) in [5, 5.41) is 11.9. The monoisotopic (exact) mass is 186 g/mol. The highest BCUT2D eigenvalue weighted by atomic mass is 16.3. The van der Waals surface area contributed by atoms with Crippen molar-refractivity contribution in [2.24, 2.45) is 0 Å². The zero-order valence-electron chi connectivity index (χ0n) is 8.45. The van der Waals surface area contributed by atoms with Crippen LogP contribution in [-0.2, 0) is 4.79 Å². The van der Waals surface area contributed by atoms with E-state index in [1.807, 2.05) is 25.7 Å². The number of piperazine rings is 1. The number of nitrogens with zero attached hydrogens (tertiary/aromatic N) is 1. The number of carbonyl (C=O) groups is 1. The van der Waals surface area contributed by atoms with Crippen LogP contribution < -0.4 is 5.32 Å². The maximum absolute atomic E-state index is 11.7. The van der Waals surface area contributed by atoms with Gasteiger partial charge in [0.2, 0.25) is 5.91 Å². The zero-order chi connectivity index (χ0) is 10.0. The van der Waals surface area contributed by atoms with E-state index in [0.717, 1.165) is 6.54 Å². The van der Waals surface area contributed by atoms with Crippen LogP contribution in [0.5, 0.6) is 0 Å². The Labute approximate surface area is 78.9 Å². The van der Waals surface area contributed by atoms with Gasteiger partial charge in [0.15, 0.2) is 0 Å². The van der Waals surface area contributed by atoms with Gasteiger partial charge in [-0.2, -0.15) is 0 Å². The first kappa shape index (κ1) is 10.5. The second-order valence-corrected chi connectivity index (χ2v) is 3.83. The predicted molar refractivity (Wildman–Crippen MR) is 50.3 cm³/mol. The van der Waals surface area contributed by atoms with Crippen molar-refractivity contribution >= 4 is 5.91 Å². The lowest BCUT2D eigenvalue weighted by atomic mass is 10.1. The number of rotatable bonds is 2. The lowest BCUT2D eigenvalue weighted by Crippen LogP contribution is -2.62. The fraction of sp³-hybridized carbons (Fsp3) is 0.889. The summed E-state index contributed by atoms with van der Waals surface area (Å²) >= 11 is 0. The first-order chi connectivity index (χ1) is 6.07. The molecule has 0 bridgehead atoms. The van der Waals surface area contributed by atoms with Gasteiger partial charge >= 0.3 is 0 Å². The number of hydrogen-bond acceptors (Lipinski definition) is 3. The van der Waals surface area contributed by atoms with Gasteiger partial charge < -0.3 is 15.3 Å². The molecule has 1 heterocycles. The SMILES string of the molecule is CC(C)N1C(=O)C(CO)NCC1C. The summed E-state index contributed by atoms with van der Waals surface area (Å²) in [5.41, 5.74) is 0. The first-order valence-corrected chi connectivity index (χ1v) is 4.74. The molecule has 4 heteroatoms. The quantitative estimate of drug-likeness (QED) is 0.615. The lowest BCUT2D eigenvalue weighted by Gasteiger charge is -2.40. The molecule has 1 aliphatic heterocycles. The van der Waals surface area contributed by atoms with E-state index < -0.39 is 6.04 Å². The topological polar surface area (TPSA) is 52.6 Å². The van der Waals surface area contributed by atoms with Crippen molar-refractivity contribution in [1.82, 2.24) is 10.2 Å². The largest absolute Gasteiger partial charge is 0.394 e. The predicted octanol–water partition coefficient (Wildman–Crippen LogP) is -0.424. The van der Waals surface area contributed by atoms with Crippen molar-refractivity contribution in [3.63, 3.8) is 0 Å². The molecule has 1 saturated heterocycles. The highest BCUT2D eigenvalue weighted by molar-refractivity contribution is 5.83. The van der Waals surface area contributed by atoms with E-state index in [0.29, 0.717) is 0 Å². The third-order valence-corrected chi connectivity index (χ3v) is 2.43. The van der Waals surface area contributed by atoms with E-state index in [-0.39, 0.29) is 24.6 Å². The number of hydrogen-bond donors (Lipinski definition) is 2. The molecule has 0 saturated carbocycles. The van der Waals surface area contributed by atoms with Gasteiger partial charge in [0, 0.05) is 18.6 Å². The highest BCUT2D eigenvalue weighted by Crippen LogP contribution is 2.11. The van der Waals surface area contributed by atoms with Gasteiger partial charge in [-0.25, -0.2) is 0 Å². The van der Waals surface area contributed by atoms with Crippen LogP contribution in [0.15, 0.2) is 0 Å². The van der Waals surface area contributed by atoms with E-state index in [9.17, 15) is 4.79 Å². The summed E-state index contributed by atoms with van der Waals surface area (Å²) in [6.07, 6.45) is 0. The van der Waals surface area contributed by atoms with E-state index >= 15 is 0 Å². The Morgan fingerprint density at radius 2 is 2.31 bits per heavy atom. The molecule has 0 aromatic heterocycles. The van der Waals surface area contributed by atoms with Crippen LogP contribution >= 0.6 is 0 Å². The molecule has 1 amide bonds.